The van der Waals surface area contributed by atoms with E-state index in [0.717, 1.165) is 0 Å². The van der Waals surface area contributed by atoms with E-state index in [0.29, 0.717) is 6.54 Å². The van der Waals surface area contributed by atoms with Gasteiger partial charge in [0.05, 0.1) is 12.8 Å². The molecule has 1 radical (unpaired) electrons. The lowest BCUT2D eigenvalue weighted by Gasteiger charge is -1.69. The summed E-state index contributed by atoms with van der Waals surface area (Å²) >= 11 is 0. The van der Waals surface area contributed by atoms with Crippen molar-refractivity contribution in [2.45, 2.75) is 0 Å². The van der Waals surface area contributed by atoms with Crippen molar-refractivity contribution in [3.63, 3.8) is 0 Å². The molecule has 0 spiro atoms. The number of hydrogen-bond donors (Lipinski definition) is 0. The van der Waals surface area contributed by atoms with Crippen LogP contribution in [0.2, 0.25) is 0 Å². The Morgan fingerprint density at radius 3 is 3.57 bits per heavy atom. The Bertz CT molecular complexity index is 108. The van der Waals surface area contributed by atoms with Gasteiger partial charge in [-0.1, -0.05) is 0 Å². The highest BCUT2D eigenvalue weighted by atomic mass is 14.8. The van der Waals surface area contributed by atoms with Gasteiger partial charge in [-0.25, -0.2) is 0 Å². The van der Waals surface area contributed by atoms with Crippen molar-refractivity contribution in [3.05, 3.63) is 12.3 Å². The summed E-state index contributed by atoms with van der Waals surface area (Å²) in [5.41, 5.74) is 0. The highest BCUT2D eigenvalue weighted by molar-refractivity contribution is 6.16. The summed E-state index contributed by atoms with van der Waals surface area (Å²) in [6, 6.07) is 0. The fourth-order valence-corrected chi connectivity index (χ4v) is 0.331. The second kappa shape index (κ2) is 2.29. The molecule has 0 aromatic carbocycles. The molecule has 0 aromatic rings. The predicted octanol–water partition coefficient (Wildman–Crippen LogP) is 0.532. The van der Waals surface area contributed by atoms with Gasteiger partial charge in [-0.2, -0.15) is 0 Å². The van der Waals surface area contributed by atoms with Crippen LogP contribution < -0.4 is 0 Å². The molecule has 0 unspecified atom stereocenters. The molecule has 1 aliphatic rings. The first-order valence-electron chi connectivity index (χ1n) is 2.09. The molecule has 0 atom stereocenters. The van der Waals surface area contributed by atoms with Crippen molar-refractivity contribution in [3.8, 4) is 0 Å². The maximum Gasteiger partial charge on any atom is 0.103 e. The molecule has 0 aromatic heterocycles. The van der Waals surface area contributed by atoms with Crippen LogP contribution in [0.1, 0.15) is 0 Å². The lowest BCUT2D eigenvalue weighted by atomic mass is 10.6. The molecule has 0 aliphatic carbocycles. The molecular weight excluding hydrogens is 88.1 g/mol. The summed E-state index contributed by atoms with van der Waals surface area (Å²) in [7, 11) is 0. The summed E-state index contributed by atoms with van der Waals surface area (Å²) in [5.74, 6) is 0. The minimum atomic E-state index is 0.708. The predicted molar refractivity (Wildman–Crippen MR) is 29.9 cm³/mol. The molecule has 0 fully saturated rings. The molecule has 0 saturated carbocycles. The van der Waals surface area contributed by atoms with Crippen molar-refractivity contribution in [1.29, 1.82) is 0 Å². The molecule has 35 valence electrons. The van der Waals surface area contributed by atoms with Crippen LogP contribution in [0, 0.1) is 0 Å². The van der Waals surface area contributed by atoms with Crippen LogP contribution in [0.4, 0.5) is 0 Å². The van der Waals surface area contributed by atoms with Crippen molar-refractivity contribution in [2.75, 3.05) is 6.54 Å². The van der Waals surface area contributed by atoms with E-state index in [1.54, 1.807) is 12.4 Å². The third-order valence-electron chi connectivity index (χ3n) is 0.612. The third kappa shape index (κ3) is 1.30. The van der Waals surface area contributed by atoms with Crippen molar-refractivity contribution >= 4 is 12.4 Å². The highest BCUT2D eigenvalue weighted by Gasteiger charge is 1.72. The largest absolute Gasteiger partial charge is 0.277 e. The fourth-order valence-electron chi connectivity index (χ4n) is 0.331. The highest BCUT2D eigenvalue weighted by Crippen LogP contribution is 1.78. The SMILES string of the molecule is [C]1=NCC=CN=C1. The lowest BCUT2D eigenvalue weighted by Crippen LogP contribution is -1.71. The van der Waals surface area contributed by atoms with Crippen LogP contribution in [0.15, 0.2) is 22.3 Å². The fraction of sp³-hybridized carbons (Fsp3) is 0.200. The average Bonchev–Trinajstić information content (AvgIpc) is 1.90. The van der Waals surface area contributed by atoms with Crippen LogP contribution in [0.5, 0.6) is 0 Å². The zero-order valence-corrected chi connectivity index (χ0v) is 3.83. The van der Waals surface area contributed by atoms with Crippen LogP contribution in [-0.4, -0.2) is 19.0 Å². The molecular formula is C5H5N2. The molecule has 0 bridgehead atoms. The molecule has 7 heavy (non-hydrogen) atoms. The maximum absolute atomic E-state index is 3.78. The minimum absolute atomic E-state index is 0.708. The van der Waals surface area contributed by atoms with Gasteiger partial charge < -0.3 is 0 Å². The zero-order chi connectivity index (χ0) is 4.95. The average molecular weight is 93.1 g/mol. The maximum atomic E-state index is 3.78. The standard InChI is InChI=1S/C5H5N2/c1-2-6-4-5-7-3-1/h1-2,4H,3H2. The second-order valence-corrected chi connectivity index (χ2v) is 1.13. The number of aliphatic imine (C=N–C) groups is 2. The molecule has 2 heteroatoms. The van der Waals surface area contributed by atoms with E-state index in [1.165, 1.54) is 0 Å². The van der Waals surface area contributed by atoms with E-state index in [4.69, 9.17) is 0 Å². The van der Waals surface area contributed by atoms with Gasteiger partial charge in [0.25, 0.3) is 0 Å². The number of nitrogens with zero attached hydrogens (tertiary/aromatic N) is 2. The van der Waals surface area contributed by atoms with E-state index in [-0.39, 0.29) is 0 Å². The summed E-state index contributed by atoms with van der Waals surface area (Å²) in [6.07, 6.45) is 7.75. The van der Waals surface area contributed by atoms with Gasteiger partial charge in [0, 0.05) is 6.20 Å². The van der Waals surface area contributed by atoms with Crippen LogP contribution in [-0.2, 0) is 0 Å². The minimum Gasteiger partial charge on any atom is -0.277 e. The van der Waals surface area contributed by atoms with E-state index in [1.807, 2.05) is 6.08 Å². The smallest absolute Gasteiger partial charge is 0.103 e. The molecule has 1 rings (SSSR count). The Hall–Kier alpha value is -0.920. The van der Waals surface area contributed by atoms with Gasteiger partial charge in [-0.05, 0) is 6.08 Å². The Balaban J connectivity index is 2.60. The van der Waals surface area contributed by atoms with Crippen molar-refractivity contribution in [2.24, 2.45) is 9.98 Å². The number of hydrogen-bond acceptors (Lipinski definition) is 2. The Morgan fingerprint density at radius 1 is 1.57 bits per heavy atom. The van der Waals surface area contributed by atoms with Gasteiger partial charge in [0.15, 0.2) is 0 Å². The van der Waals surface area contributed by atoms with E-state index >= 15 is 0 Å². The van der Waals surface area contributed by atoms with Crippen LogP contribution >= 0.6 is 0 Å². The summed E-state index contributed by atoms with van der Waals surface area (Å²) in [5, 5.41) is 0. The quantitative estimate of drug-likeness (QED) is 0.417. The van der Waals surface area contributed by atoms with Gasteiger partial charge in [-0.15, -0.1) is 0 Å². The van der Waals surface area contributed by atoms with Crippen LogP contribution in [0.25, 0.3) is 0 Å². The van der Waals surface area contributed by atoms with Crippen molar-refractivity contribution < 1.29 is 0 Å². The third-order valence-corrected chi connectivity index (χ3v) is 0.612. The molecule has 2 nitrogen and oxygen atoms in total. The van der Waals surface area contributed by atoms with Crippen LogP contribution in [0.3, 0.4) is 0 Å². The Kier molecular flexibility index (Phi) is 1.39. The van der Waals surface area contributed by atoms with Gasteiger partial charge >= 0.3 is 0 Å². The van der Waals surface area contributed by atoms with E-state index < -0.39 is 0 Å². The first-order valence-corrected chi connectivity index (χ1v) is 2.09. The monoisotopic (exact) mass is 93.0 g/mol. The molecule has 0 amide bonds. The molecule has 1 heterocycles. The summed E-state index contributed by atoms with van der Waals surface area (Å²) in [6.45, 7) is 0.708. The van der Waals surface area contributed by atoms with Crippen molar-refractivity contribution in [1.82, 2.24) is 0 Å². The summed E-state index contributed by atoms with van der Waals surface area (Å²) in [4.78, 5) is 7.55. The molecule has 0 saturated heterocycles. The second-order valence-electron chi connectivity index (χ2n) is 1.13. The first kappa shape index (κ1) is 4.24. The Labute approximate surface area is 42.3 Å². The lowest BCUT2D eigenvalue weighted by molar-refractivity contribution is 1.26. The van der Waals surface area contributed by atoms with E-state index in [9.17, 15) is 0 Å². The number of rotatable bonds is 0. The summed E-state index contributed by atoms with van der Waals surface area (Å²) < 4.78 is 0. The zero-order valence-electron chi connectivity index (χ0n) is 3.83. The normalized spacial score (nSPS) is 17.1. The first-order chi connectivity index (χ1) is 3.50. The molecule has 1 aliphatic heterocycles. The topological polar surface area (TPSA) is 24.7 Å². The van der Waals surface area contributed by atoms with Gasteiger partial charge in [0.1, 0.15) is 6.21 Å². The van der Waals surface area contributed by atoms with Gasteiger partial charge in [0.2, 0.25) is 0 Å². The van der Waals surface area contributed by atoms with Gasteiger partial charge in [-0.3, -0.25) is 9.98 Å². The molecule has 0 N–H and O–H groups in total. The Morgan fingerprint density at radius 2 is 2.57 bits per heavy atom. The van der Waals surface area contributed by atoms with E-state index in [2.05, 4.69) is 16.2 Å².